The summed E-state index contributed by atoms with van der Waals surface area (Å²) in [6.07, 6.45) is 1.66. The van der Waals surface area contributed by atoms with Gasteiger partial charge in [0.15, 0.2) is 0 Å². The minimum Gasteiger partial charge on any atom is -0.480 e. The second-order valence-corrected chi connectivity index (χ2v) is 5.11. The van der Waals surface area contributed by atoms with Crippen molar-refractivity contribution in [2.24, 2.45) is 0 Å². The topological polar surface area (TPSA) is 66.8 Å². The Morgan fingerprint density at radius 3 is 2.47 bits per heavy atom. The molecule has 1 aliphatic heterocycles. The van der Waals surface area contributed by atoms with E-state index in [-0.39, 0.29) is 0 Å². The van der Waals surface area contributed by atoms with Crippen molar-refractivity contribution in [3.8, 4) is 0 Å². The molecule has 1 aliphatic rings. The van der Waals surface area contributed by atoms with E-state index in [0.29, 0.717) is 13.0 Å². The third-order valence-corrected chi connectivity index (χ3v) is 2.53. The SMILES string of the molecule is C/C=C1\C[C@@H](C(=O)O)N(C(=O)OC(C)(C)C)C1. The van der Waals surface area contributed by atoms with Crippen molar-refractivity contribution in [1.82, 2.24) is 4.90 Å². The predicted molar refractivity (Wildman–Crippen MR) is 62.7 cm³/mol. The number of carbonyl (C=O) groups excluding carboxylic acids is 1. The van der Waals surface area contributed by atoms with E-state index in [2.05, 4.69) is 0 Å². The summed E-state index contributed by atoms with van der Waals surface area (Å²) in [5.74, 6) is -0.993. The standard InChI is InChI=1S/C12H19NO4/c1-5-8-6-9(10(14)15)13(7-8)11(16)17-12(2,3)4/h5,9H,6-7H2,1-4H3,(H,14,15)/b8-5+/t9-/m0/s1. The van der Waals surface area contributed by atoms with Crippen LogP contribution < -0.4 is 0 Å². The number of hydrogen-bond acceptors (Lipinski definition) is 3. The molecule has 5 nitrogen and oxygen atoms in total. The predicted octanol–water partition coefficient (Wildman–Crippen LogP) is 2.03. The van der Waals surface area contributed by atoms with Gasteiger partial charge in [0, 0.05) is 13.0 Å². The van der Waals surface area contributed by atoms with Gasteiger partial charge in [-0.25, -0.2) is 9.59 Å². The normalized spacial score (nSPS) is 22.9. The van der Waals surface area contributed by atoms with Crippen molar-refractivity contribution in [3.63, 3.8) is 0 Å². The summed E-state index contributed by atoms with van der Waals surface area (Å²) >= 11 is 0. The summed E-state index contributed by atoms with van der Waals surface area (Å²) in [7, 11) is 0. The molecule has 96 valence electrons. The summed E-state index contributed by atoms with van der Waals surface area (Å²) in [4.78, 5) is 24.2. The molecule has 0 aromatic heterocycles. The fourth-order valence-electron chi connectivity index (χ4n) is 1.69. The number of amides is 1. The lowest BCUT2D eigenvalue weighted by Gasteiger charge is -2.26. The highest BCUT2D eigenvalue weighted by Gasteiger charge is 2.38. The smallest absolute Gasteiger partial charge is 0.411 e. The summed E-state index contributed by atoms with van der Waals surface area (Å²) in [6, 6.07) is -0.809. The minimum atomic E-state index is -0.993. The van der Waals surface area contributed by atoms with Crippen LogP contribution in [0.1, 0.15) is 34.1 Å². The van der Waals surface area contributed by atoms with Crippen molar-refractivity contribution in [1.29, 1.82) is 0 Å². The van der Waals surface area contributed by atoms with Crippen LogP contribution >= 0.6 is 0 Å². The molecule has 1 saturated heterocycles. The van der Waals surface area contributed by atoms with Crippen molar-refractivity contribution >= 4 is 12.1 Å². The molecule has 1 fully saturated rings. The second kappa shape index (κ2) is 4.77. The molecular formula is C12H19NO4. The number of hydrogen-bond donors (Lipinski definition) is 1. The zero-order valence-corrected chi connectivity index (χ0v) is 10.7. The molecule has 0 saturated carbocycles. The van der Waals surface area contributed by atoms with E-state index in [0.717, 1.165) is 5.57 Å². The lowest BCUT2D eigenvalue weighted by atomic mass is 10.1. The van der Waals surface area contributed by atoms with E-state index in [4.69, 9.17) is 9.84 Å². The average Bonchev–Trinajstić information content (AvgIpc) is 2.58. The fourth-order valence-corrected chi connectivity index (χ4v) is 1.69. The second-order valence-electron chi connectivity index (χ2n) is 5.11. The van der Waals surface area contributed by atoms with E-state index in [1.165, 1.54) is 4.90 Å². The maximum atomic E-state index is 11.9. The quantitative estimate of drug-likeness (QED) is 0.713. The zero-order chi connectivity index (χ0) is 13.2. The number of nitrogens with zero attached hydrogens (tertiary/aromatic N) is 1. The first kappa shape index (κ1) is 13.5. The van der Waals surface area contributed by atoms with Gasteiger partial charge in [0.1, 0.15) is 11.6 Å². The van der Waals surface area contributed by atoms with Crippen molar-refractivity contribution in [2.45, 2.75) is 45.8 Å². The maximum absolute atomic E-state index is 11.9. The number of ether oxygens (including phenoxy) is 1. The van der Waals surface area contributed by atoms with Crippen LogP contribution in [0.2, 0.25) is 0 Å². The molecule has 1 heterocycles. The molecule has 1 atom stereocenters. The van der Waals surface area contributed by atoms with E-state index in [1.54, 1.807) is 20.8 Å². The Bertz CT molecular complexity index is 354. The van der Waals surface area contributed by atoms with E-state index in [9.17, 15) is 9.59 Å². The third kappa shape index (κ3) is 3.47. The lowest BCUT2D eigenvalue weighted by Crippen LogP contribution is -2.43. The first-order chi connectivity index (χ1) is 7.74. The molecular weight excluding hydrogens is 222 g/mol. The van der Waals surface area contributed by atoms with Gasteiger partial charge in [-0.2, -0.15) is 0 Å². The minimum absolute atomic E-state index is 0.336. The number of carboxylic acid groups (broad SMARTS) is 1. The highest BCUT2D eigenvalue weighted by atomic mass is 16.6. The maximum Gasteiger partial charge on any atom is 0.411 e. The Hall–Kier alpha value is -1.52. The molecule has 17 heavy (non-hydrogen) atoms. The number of carbonyl (C=O) groups is 2. The van der Waals surface area contributed by atoms with Crippen LogP contribution in [0.5, 0.6) is 0 Å². The van der Waals surface area contributed by atoms with Crippen LogP contribution in [0.25, 0.3) is 0 Å². The van der Waals surface area contributed by atoms with Crippen LogP contribution in [-0.2, 0) is 9.53 Å². The van der Waals surface area contributed by atoms with Crippen LogP contribution in [0.3, 0.4) is 0 Å². The monoisotopic (exact) mass is 241 g/mol. The van der Waals surface area contributed by atoms with Crippen LogP contribution in [0.4, 0.5) is 4.79 Å². The molecule has 0 unspecified atom stereocenters. The van der Waals surface area contributed by atoms with Crippen molar-refractivity contribution in [2.75, 3.05) is 6.54 Å². The van der Waals surface area contributed by atoms with E-state index in [1.807, 2.05) is 13.0 Å². The summed E-state index contributed by atoms with van der Waals surface area (Å²) in [5.41, 5.74) is 0.335. The number of allylic oxidation sites excluding steroid dienone is 1. The summed E-state index contributed by atoms with van der Waals surface area (Å²) in [5, 5.41) is 9.07. The van der Waals surface area contributed by atoms with E-state index < -0.39 is 23.7 Å². The number of carboxylic acids is 1. The van der Waals surface area contributed by atoms with Gasteiger partial charge in [0.25, 0.3) is 0 Å². The fraction of sp³-hybridized carbons (Fsp3) is 0.667. The molecule has 5 heteroatoms. The Labute approximate surface area is 101 Å². The number of rotatable bonds is 1. The van der Waals surface area contributed by atoms with Gasteiger partial charge in [-0.05, 0) is 27.7 Å². The van der Waals surface area contributed by atoms with Gasteiger partial charge in [0.2, 0.25) is 0 Å². The zero-order valence-electron chi connectivity index (χ0n) is 10.7. The molecule has 0 aromatic rings. The Morgan fingerprint density at radius 2 is 2.06 bits per heavy atom. The molecule has 0 aliphatic carbocycles. The van der Waals surface area contributed by atoms with Gasteiger partial charge in [0.05, 0.1) is 0 Å². The number of aliphatic carboxylic acids is 1. The van der Waals surface area contributed by atoms with Gasteiger partial charge in [-0.15, -0.1) is 0 Å². The molecule has 0 bridgehead atoms. The highest BCUT2D eigenvalue weighted by molar-refractivity contribution is 5.82. The summed E-state index contributed by atoms with van der Waals surface area (Å²) < 4.78 is 5.19. The van der Waals surface area contributed by atoms with Gasteiger partial charge in [-0.3, -0.25) is 4.90 Å². The average molecular weight is 241 g/mol. The highest BCUT2D eigenvalue weighted by Crippen LogP contribution is 2.24. The van der Waals surface area contributed by atoms with Crippen LogP contribution in [0.15, 0.2) is 11.6 Å². The van der Waals surface area contributed by atoms with Crippen molar-refractivity contribution < 1.29 is 19.4 Å². The summed E-state index contributed by atoms with van der Waals surface area (Å²) in [6.45, 7) is 7.45. The molecule has 1 N–H and O–H groups in total. The Morgan fingerprint density at radius 1 is 1.47 bits per heavy atom. The first-order valence-electron chi connectivity index (χ1n) is 5.61. The molecule has 1 amide bonds. The van der Waals surface area contributed by atoms with Gasteiger partial charge >= 0.3 is 12.1 Å². The molecule has 0 radical (unpaired) electrons. The Balaban J connectivity index is 2.81. The van der Waals surface area contributed by atoms with Gasteiger partial charge in [-0.1, -0.05) is 11.6 Å². The molecule has 1 rings (SSSR count). The Kier molecular flexibility index (Phi) is 3.80. The van der Waals surface area contributed by atoms with Crippen molar-refractivity contribution in [3.05, 3.63) is 11.6 Å². The molecule has 0 aromatic carbocycles. The van der Waals surface area contributed by atoms with Crippen LogP contribution in [0, 0.1) is 0 Å². The largest absolute Gasteiger partial charge is 0.480 e. The van der Waals surface area contributed by atoms with Crippen LogP contribution in [-0.4, -0.2) is 40.3 Å². The lowest BCUT2D eigenvalue weighted by molar-refractivity contribution is -0.142. The first-order valence-corrected chi connectivity index (χ1v) is 5.61. The van der Waals surface area contributed by atoms with E-state index >= 15 is 0 Å². The number of likely N-dealkylation sites (tertiary alicyclic amines) is 1. The van der Waals surface area contributed by atoms with Gasteiger partial charge < -0.3 is 9.84 Å². The third-order valence-electron chi connectivity index (χ3n) is 2.53. The molecule has 0 spiro atoms.